The lowest BCUT2D eigenvalue weighted by molar-refractivity contribution is -0.121. The van der Waals surface area contributed by atoms with Gasteiger partial charge in [0.25, 0.3) is 5.91 Å². The van der Waals surface area contributed by atoms with Gasteiger partial charge in [0.2, 0.25) is 0 Å². The minimum Gasteiger partial charge on any atom is -0.486 e. The van der Waals surface area contributed by atoms with Gasteiger partial charge in [-0.3, -0.25) is 14.4 Å². The van der Waals surface area contributed by atoms with Gasteiger partial charge in [-0.25, -0.2) is 18.3 Å². The van der Waals surface area contributed by atoms with Crippen molar-refractivity contribution in [2.75, 3.05) is 6.61 Å². The Morgan fingerprint density at radius 2 is 1.92 bits per heavy atom. The van der Waals surface area contributed by atoms with Crippen molar-refractivity contribution in [2.45, 2.75) is 26.4 Å². The van der Waals surface area contributed by atoms with E-state index in [9.17, 15) is 23.2 Å². The lowest BCUT2D eigenvalue weighted by atomic mass is 10.0. The number of Topliss-reactive ketones (excluding diaryl/α,β-unsaturated/α-hetero) is 2. The third kappa shape index (κ3) is 5.84. The molecule has 0 spiro atoms. The number of carbonyl (C=O) groups is 3. The summed E-state index contributed by atoms with van der Waals surface area (Å²) < 4.78 is 32.8. The second-order valence-corrected chi connectivity index (χ2v) is 8.24. The molecule has 0 fully saturated rings. The molecule has 11 heteroatoms. The van der Waals surface area contributed by atoms with Crippen molar-refractivity contribution in [3.8, 4) is 5.75 Å². The molecule has 5 rings (SSSR count). The van der Waals surface area contributed by atoms with Crippen LogP contribution in [0.25, 0.3) is 5.65 Å². The van der Waals surface area contributed by atoms with Crippen LogP contribution in [0.5, 0.6) is 5.75 Å². The number of ketones is 2. The quantitative estimate of drug-likeness (QED) is 0.398. The van der Waals surface area contributed by atoms with Crippen LogP contribution >= 0.6 is 0 Å². The van der Waals surface area contributed by atoms with Crippen molar-refractivity contribution in [3.63, 3.8) is 0 Å². The Balaban J connectivity index is 0.000000301. The molecular formula is C26H23F2N5O4. The maximum Gasteiger partial charge on any atom is 0.270 e. The zero-order valence-electron chi connectivity index (χ0n) is 19.8. The summed E-state index contributed by atoms with van der Waals surface area (Å²) in [5.41, 5.74) is 7.09. The number of nitrogens with two attached hydrogens (primary N) is 1. The van der Waals surface area contributed by atoms with Crippen LogP contribution in [0, 0.1) is 11.6 Å². The molecule has 37 heavy (non-hydrogen) atoms. The highest BCUT2D eigenvalue weighted by Crippen LogP contribution is 2.24. The van der Waals surface area contributed by atoms with Crippen LogP contribution in [0.15, 0.2) is 54.7 Å². The van der Waals surface area contributed by atoms with Crippen molar-refractivity contribution in [1.82, 2.24) is 19.9 Å². The molecule has 0 aliphatic carbocycles. The van der Waals surface area contributed by atoms with Gasteiger partial charge >= 0.3 is 0 Å². The topological polar surface area (TPSA) is 129 Å². The highest BCUT2D eigenvalue weighted by atomic mass is 19.1. The average Bonchev–Trinajstić information content (AvgIpc) is 3.27. The Morgan fingerprint density at radius 3 is 2.62 bits per heavy atom. The molecule has 0 radical (unpaired) electrons. The summed E-state index contributed by atoms with van der Waals surface area (Å²) in [5.74, 6) is -1.23. The fourth-order valence-electron chi connectivity index (χ4n) is 3.68. The summed E-state index contributed by atoms with van der Waals surface area (Å²) >= 11 is 0. The predicted molar refractivity (Wildman–Crippen MR) is 129 cm³/mol. The maximum atomic E-state index is 13.8. The first-order chi connectivity index (χ1) is 17.8. The Kier molecular flexibility index (Phi) is 7.63. The Bertz CT molecular complexity index is 1500. The molecule has 9 nitrogen and oxygen atoms in total. The fourth-order valence-corrected chi connectivity index (χ4v) is 3.68. The van der Waals surface area contributed by atoms with Gasteiger partial charge in [0, 0.05) is 37.6 Å². The molecule has 4 aromatic rings. The van der Waals surface area contributed by atoms with Gasteiger partial charge in [0.15, 0.2) is 23.0 Å². The zero-order chi connectivity index (χ0) is 26.5. The SMILES string of the molecule is CC(=O)c1cc(C(=O)NCc2ccc3c(c2)CC(=O)CO3)nc2c(F)cnn12.NCc1ccccc1F. The summed E-state index contributed by atoms with van der Waals surface area (Å²) in [4.78, 5) is 39.8. The van der Waals surface area contributed by atoms with E-state index in [-0.39, 0.29) is 60.5 Å². The molecule has 2 aromatic heterocycles. The molecule has 0 bridgehead atoms. The normalized spacial score (nSPS) is 12.3. The Morgan fingerprint density at radius 1 is 1.14 bits per heavy atom. The number of nitrogens with zero attached hydrogens (tertiary/aromatic N) is 3. The minimum absolute atomic E-state index is 0.00853. The molecule has 190 valence electrons. The van der Waals surface area contributed by atoms with Crippen LogP contribution in [0.3, 0.4) is 0 Å². The molecule has 1 aliphatic heterocycles. The standard InChI is InChI=1S/C19H15FN4O4.C7H8FN/c1-10(25)16-6-15(23-18-14(20)8-22-24(16)18)19(27)21-7-11-2-3-17-12(4-11)5-13(26)9-28-17;8-7-4-2-1-3-6(7)5-9/h2-4,6,8H,5,7,9H2,1H3,(H,21,27);1-4H,5,9H2. The van der Waals surface area contributed by atoms with Gasteiger partial charge in [-0.2, -0.15) is 5.10 Å². The zero-order valence-corrected chi connectivity index (χ0v) is 19.8. The summed E-state index contributed by atoms with van der Waals surface area (Å²) in [6.45, 7) is 1.81. The summed E-state index contributed by atoms with van der Waals surface area (Å²) in [5, 5.41) is 6.45. The van der Waals surface area contributed by atoms with Gasteiger partial charge in [-0.15, -0.1) is 0 Å². The first-order valence-electron chi connectivity index (χ1n) is 11.3. The number of hydrogen-bond acceptors (Lipinski definition) is 7. The molecular weight excluding hydrogens is 484 g/mol. The summed E-state index contributed by atoms with van der Waals surface area (Å²) in [6.07, 6.45) is 1.23. The third-order valence-electron chi connectivity index (χ3n) is 5.55. The molecule has 1 aliphatic rings. The van der Waals surface area contributed by atoms with E-state index >= 15 is 0 Å². The number of fused-ring (bicyclic) bond motifs is 2. The number of aromatic nitrogens is 3. The van der Waals surface area contributed by atoms with Gasteiger partial charge in [-0.1, -0.05) is 24.3 Å². The van der Waals surface area contributed by atoms with Crippen LogP contribution in [0.2, 0.25) is 0 Å². The number of halogens is 2. The summed E-state index contributed by atoms with van der Waals surface area (Å²) in [6, 6.07) is 13.1. The van der Waals surface area contributed by atoms with Crippen LogP contribution in [0.4, 0.5) is 8.78 Å². The van der Waals surface area contributed by atoms with E-state index in [0.717, 1.165) is 21.8 Å². The second-order valence-electron chi connectivity index (χ2n) is 8.24. The van der Waals surface area contributed by atoms with E-state index in [1.165, 1.54) is 19.1 Å². The van der Waals surface area contributed by atoms with Crippen LogP contribution in [0.1, 0.15) is 44.6 Å². The number of benzene rings is 2. The molecule has 0 atom stereocenters. The first-order valence-corrected chi connectivity index (χ1v) is 11.3. The van der Waals surface area contributed by atoms with Crippen molar-refractivity contribution >= 4 is 23.1 Å². The first kappa shape index (κ1) is 25.6. The van der Waals surface area contributed by atoms with E-state index < -0.39 is 11.7 Å². The third-order valence-corrected chi connectivity index (χ3v) is 5.55. The van der Waals surface area contributed by atoms with E-state index in [2.05, 4.69) is 15.4 Å². The maximum absolute atomic E-state index is 13.8. The second kappa shape index (κ2) is 11.0. The average molecular weight is 507 g/mol. The number of nitrogens with one attached hydrogen (secondary N) is 1. The number of rotatable bonds is 5. The van der Waals surface area contributed by atoms with Crippen molar-refractivity contribution in [2.24, 2.45) is 5.73 Å². The molecule has 3 N–H and O–H groups in total. The van der Waals surface area contributed by atoms with Gasteiger partial charge < -0.3 is 15.8 Å². The lowest BCUT2D eigenvalue weighted by Crippen LogP contribution is -2.25. The predicted octanol–water partition coefficient (Wildman–Crippen LogP) is 2.79. The molecule has 1 amide bonds. The van der Waals surface area contributed by atoms with Gasteiger partial charge in [0.05, 0.1) is 6.20 Å². The smallest absolute Gasteiger partial charge is 0.270 e. The van der Waals surface area contributed by atoms with Crippen molar-refractivity contribution < 1.29 is 27.9 Å². The van der Waals surface area contributed by atoms with Crippen LogP contribution in [-0.2, 0) is 24.3 Å². The minimum atomic E-state index is -0.725. The number of carbonyl (C=O) groups excluding carboxylic acids is 3. The molecule has 3 heterocycles. The molecule has 0 unspecified atom stereocenters. The van der Waals surface area contributed by atoms with E-state index in [1.54, 1.807) is 36.4 Å². The van der Waals surface area contributed by atoms with E-state index in [1.807, 2.05) is 0 Å². The molecule has 2 aromatic carbocycles. The highest BCUT2D eigenvalue weighted by Gasteiger charge is 2.19. The van der Waals surface area contributed by atoms with Crippen molar-refractivity contribution in [1.29, 1.82) is 0 Å². The lowest BCUT2D eigenvalue weighted by Gasteiger charge is -2.17. The highest BCUT2D eigenvalue weighted by molar-refractivity contribution is 5.98. The molecule has 0 saturated heterocycles. The summed E-state index contributed by atoms with van der Waals surface area (Å²) in [7, 11) is 0. The van der Waals surface area contributed by atoms with Crippen LogP contribution in [-0.4, -0.2) is 38.7 Å². The Hall–Kier alpha value is -4.51. The van der Waals surface area contributed by atoms with Gasteiger partial charge in [-0.05, 0) is 29.8 Å². The van der Waals surface area contributed by atoms with E-state index in [0.29, 0.717) is 11.3 Å². The monoisotopic (exact) mass is 507 g/mol. The largest absolute Gasteiger partial charge is 0.486 e. The number of amides is 1. The number of hydrogen-bond donors (Lipinski definition) is 2. The molecule has 0 saturated carbocycles. The van der Waals surface area contributed by atoms with Gasteiger partial charge in [0.1, 0.15) is 29.6 Å². The van der Waals surface area contributed by atoms with Crippen LogP contribution < -0.4 is 15.8 Å². The Labute approximate surface area is 210 Å². The van der Waals surface area contributed by atoms with E-state index in [4.69, 9.17) is 10.5 Å². The fraction of sp³-hybridized carbons (Fsp3) is 0.192. The van der Waals surface area contributed by atoms with Crippen molar-refractivity contribution in [3.05, 3.63) is 94.4 Å². The number of ether oxygens (including phenoxy) is 1.